The van der Waals surface area contributed by atoms with Crippen LogP contribution in [-0.2, 0) is 5.41 Å². The molecule has 2 aliphatic rings. The molecule has 0 atom stereocenters. The Balaban J connectivity index is 1.80. The lowest BCUT2D eigenvalue weighted by Crippen LogP contribution is -2.29. The van der Waals surface area contributed by atoms with Gasteiger partial charge in [-0.15, -0.1) is 11.3 Å². The standard InChI is InChI=1S/C14H22N2OS/c1-10-12(14(9-17)5-6-14)18-13(15-10)11-3-7-16(2)8-4-11/h11,17H,3-9H2,1-2H3. The van der Waals surface area contributed by atoms with Crippen LogP contribution in [0.5, 0.6) is 0 Å². The minimum atomic E-state index is 0.0887. The summed E-state index contributed by atoms with van der Waals surface area (Å²) in [5, 5.41) is 10.9. The predicted molar refractivity (Wildman–Crippen MR) is 74.3 cm³/mol. The van der Waals surface area contributed by atoms with E-state index in [1.165, 1.54) is 41.5 Å². The minimum Gasteiger partial charge on any atom is -0.395 e. The molecule has 1 aliphatic heterocycles. The SMILES string of the molecule is Cc1nc(C2CCN(C)CC2)sc1C1(CO)CC1. The van der Waals surface area contributed by atoms with Crippen LogP contribution in [-0.4, -0.2) is 41.7 Å². The quantitative estimate of drug-likeness (QED) is 0.912. The molecule has 2 fully saturated rings. The number of hydrogen-bond donors (Lipinski definition) is 1. The second-order valence-electron chi connectivity index (χ2n) is 5.98. The van der Waals surface area contributed by atoms with Crippen LogP contribution in [0.4, 0.5) is 0 Å². The van der Waals surface area contributed by atoms with E-state index < -0.39 is 0 Å². The molecule has 1 saturated carbocycles. The Morgan fingerprint density at radius 3 is 2.61 bits per heavy atom. The van der Waals surface area contributed by atoms with Crippen molar-refractivity contribution in [3.63, 3.8) is 0 Å². The van der Waals surface area contributed by atoms with Gasteiger partial charge in [-0.1, -0.05) is 0 Å². The average Bonchev–Trinajstić information content (AvgIpc) is 3.08. The number of likely N-dealkylation sites (tertiary alicyclic amines) is 1. The fraction of sp³-hybridized carbons (Fsp3) is 0.786. The molecule has 100 valence electrons. The van der Waals surface area contributed by atoms with Gasteiger partial charge in [0, 0.05) is 16.2 Å². The van der Waals surface area contributed by atoms with Gasteiger partial charge in [0.1, 0.15) is 0 Å². The third-order valence-corrected chi connectivity index (χ3v) is 6.09. The molecular weight excluding hydrogens is 244 g/mol. The lowest BCUT2D eigenvalue weighted by Gasteiger charge is -2.27. The number of nitrogens with zero attached hydrogens (tertiary/aromatic N) is 2. The Bertz CT molecular complexity index is 431. The van der Waals surface area contributed by atoms with E-state index in [4.69, 9.17) is 4.98 Å². The van der Waals surface area contributed by atoms with Gasteiger partial charge in [0.05, 0.1) is 17.3 Å². The summed E-state index contributed by atoms with van der Waals surface area (Å²) in [6, 6.07) is 0. The molecular formula is C14H22N2OS. The molecule has 3 nitrogen and oxygen atoms in total. The number of rotatable bonds is 3. The smallest absolute Gasteiger partial charge is 0.0963 e. The van der Waals surface area contributed by atoms with Crippen molar-refractivity contribution in [1.82, 2.24) is 9.88 Å². The Kier molecular flexibility index (Phi) is 3.20. The van der Waals surface area contributed by atoms with Crippen molar-refractivity contribution < 1.29 is 5.11 Å². The maximum absolute atomic E-state index is 9.56. The molecule has 1 aliphatic carbocycles. The topological polar surface area (TPSA) is 36.4 Å². The van der Waals surface area contributed by atoms with Crippen molar-refractivity contribution in [2.45, 2.75) is 43.9 Å². The molecule has 0 radical (unpaired) electrons. The largest absolute Gasteiger partial charge is 0.395 e. The van der Waals surface area contributed by atoms with Gasteiger partial charge in [-0.3, -0.25) is 0 Å². The highest BCUT2D eigenvalue weighted by atomic mass is 32.1. The van der Waals surface area contributed by atoms with E-state index in [1.807, 2.05) is 11.3 Å². The van der Waals surface area contributed by atoms with Crippen LogP contribution in [0, 0.1) is 6.92 Å². The van der Waals surface area contributed by atoms with Gasteiger partial charge in [-0.05, 0) is 52.7 Å². The summed E-state index contributed by atoms with van der Waals surface area (Å²) >= 11 is 1.87. The number of aryl methyl sites for hydroxylation is 1. The number of piperidine rings is 1. The fourth-order valence-corrected chi connectivity index (χ4v) is 4.42. The zero-order valence-corrected chi connectivity index (χ0v) is 12.1. The number of aliphatic hydroxyl groups is 1. The summed E-state index contributed by atoms with van der Waals surface area (Å²) in [5.41, 5.74) is 1.26. The highest BCUT2D eigenvalue weighted by Gasteiger charge is 2.46. The maximum Gasteiger partial charge on any atom is 0.0963 e. The van der Waals surface area contributed by atoms with E-state index in [0.29, 0.717) is 12.5 Å². The first kappa shape index (κ1) is 12.6. The second-order valence-corrected chi connectivity index (χ2v) is 7.01. The molecule has 1 saturated heterocycles. The van der Waals surface area contributed by atoms with Crippen LogP contribution < -0.4 is 0 Å². The molecule has 0 spiro atoms. The summed E-state index contributed by atoms with van der Waals surface area (Å²) in [7, 11) is 2.19. The summed E-state index contributed by atoms with van der Waals surface area (Å²) in [6.45, 7) is 4.77. The van der Waals surface area contributed by atoms with E-state index in [9.17, 15) is 5.11 Å². The molecule has 18 heavy (non-hydrogen) atoms. The summed E-state index contributed by atoms with van der Waals surface area (Å²) in [6.07, 6.45) is 4.74. The van der Waals surface area contributed by atoms with Crippen molar-refractivity contribution in [3.8, 4) is 0 Å². The van der Waals surface area contributed by atoms with Crippen LogP contribution in [0.1, 0.15) is 47.2 Å². The monoisotopic (exact) mass is 266 g/mol. The highest BCUT2D eigenvalue weighted by molar-refractivity contribution is 7.12. The Hall–Kier alpha value is -0.450. The van der Waals surface area contributed by atoms with Gasteiger partial charge < -0.3 is 10.0 Å². The summed E-state index contributed by atoms with van der Waals surface area (Å²) in [4.78, 5) is 8.56. The third-order valence-electron chi connectivity index (χ3n) is 4.52. The molecule has 0 bridgehead atoms. The van der Waals surface area contributed by atoms with Crippen molar-refractivity contribution in [1.29, 1.82) is 0 Å². The van der Waals surface area contributed by atoms with Crippen molar-refractivity contribution in [2.24, 2.45) is 0 Å². The Morgan fingerprint density at radius 1 is 1.39 bits per heavy atom. The van der Waals surface area contributed by atoms with Crippen LogP contribution in [0.2, 0.25) is 0 Å². The van der Waals surface area contributed by atoms with E-state index >= 15 is 0 Å². The molecule has 0 unspecified atom stereocenters. The van der Waals surface area contributed by atoms with Crippen LogP contribution in [0.3, 0.4) is 0 Å². The molecule has 0 amide bonds. The first-order valence-electron chi connectivity index (χ1n) is 6.92. The molecule has 3 rings (SSSR count). The number of hydrogen-bond acceptors (Lipinski definition) is 4. The zero-order valence-electron chi connectivity index (χ0n) is 11.3. The lowest BCUT2D eigenvalue weighted by atomic mass is 9.98. The zero-order chi connectivity index (χ0) is 12.8. The first-order chi connectivity index (χ1) is 8.64. The normalized spacial score (nSPS) is 24.4. The van der Waals surface area contributed by atoms with Crippen LogP contribution >= 0.6 is 11.3 Å². The lowest BCUT2D eigenvalue weighted by molar-refractivity contribution is 0.255. The fourth-order valence-electron chi connectivity index (χ4n) is 2.95. The number of aromatic nitrogens is 1. The van der Waals surface area contributed by atoms with Crippen molar-refractivity contribution in [2.75, 3.05) is 26.7 Å². The van der Waals surface area contributed by atoms with Gasteiger partial charge in [-0.25, -0.2) is 4.98 Å². The first-order valence-corrected chi connectivity index (χ1v) is 7.73. The minimum absolute atomic E-state index is 0.0887. The average molecular weight is 266 g/mol. The van der Waals surface area contributed by atoms with Crippen LogP contribution in [0.15, 0.2) is 0 Å². The van der Waals surface area contributed by atoms with Crippen molar-refractivity contribution >= 4 is 11.3 Å². The predicted octanol–water partition coefficient (Wildman–Crippen LogP) is 2.28. The van der Waals surface area contributed by atoms with Gasteiger partial charge in [0.25, 0.3) is 0 Å². The summed E-state index contributed by atoms with van der Waals surface area (Å²) < 4.78 is 0. The molecule has 1 aromatic heterocycles. The third kappa shape index (κ3) is 2.10. The Morgan fingerprint density at radius 2 is 2.06 bits per heavy atom. The summed E-state index contributed by atoms with van der Waals surface area (Å²) in [5.74, 6) is 0.646. The van der Waals surface area contributed by atoms with Gasteiger partial charge in [0.15, 0.2) is 0 Å². The molecule has 2 heterocycles. The van der Waals surface area contributed by atoms with E-state index in [2.05, 4.69) is 18.9 Å². The van der Waals surface area contributed by atoms with Crippen molar-refractivity contribution in [3.05, 3.63) is 15.6 Å². The van der Waals surface area contributed by atoms with Crippen LogP contribution in [0.25, 0.3) is 0 Å². The second kappa shape index (κ2) is 4.58. The highest BCUT2D eigenvalue weighted by Crippen LogP contribution is 2.51. The number of thiazole rings is 1. The van der Waals surface area contributed by atoms with E-state index in [1.54, 1.807) is 0 Å². The van der Waals surface area contributed by atoms with Gasteiger partial charge >= 0.3 is 0 Å². The van der Waals surface area contributed by atoms with Gasteiger partial charge in [0.2, 0.25) is 0 Å². The Labute approximate surface area is 113 Å². The van der Waals surface area contributed by atoms with Gasteiger partial charge in [-0.2, -0.15) is 0 Å². The van der Waals surface area contributed by atoms with E-state index in [-0.39, 0.29) is 5.41 Å². The maximum atomic E-state index is 9.56. The molecule has 1 aromatic rings. The van der Waals surface area contributed by atoms with E-state index in [0.717, 1.165) is 12.8 Å². The molecule has 0 aromatic carbocycles. The molecule has 4 heteroatoms. The molecule has 1 N–H and O–H groups in total. The number of aliphatic hydroxyl groups excluding tert-OH is 1.